The van der Waals surface area contributed by atoms with Crippen molar-refractivity contribution >= 4 is 62.2 Å². The van der Waals surface area contributed by atoms with Crippen LogP contribution in [0.1, 0.15) is 106 Å². The number of para-hydroxylation sites is 2. The Labute approximate surface area is 400 Å². The van der Waals surface area contributed by atoms with Gasteiger partial charge in [-0.05, 0) is 146 Å². The molecule has 0 aromatic heterocycles. The lowest BCUT2D eigenvalue weighted by Gasteiger charge is -2.26. The summed E-state index contributed by atoms with van der Waals surface area (Å²) >= 11 is 0. The third kappa shape index (κ3) is 9.55. The minimum Gasteiger partial charge on any atom is -0.493 e. The molecule has 1 unspecified atom stereocenters. The van der Waals surface area contributed by atoms with Crippen LogP contribution in [0.4, 0.5) is 17.1 Å². The molecule has 4 heterocycles. The van der Waals surface area contributed by atoms with Crippen LogP contribution in [0.2, 0.25) is 0 Å². The molecule has 13 heteroatoms. The van der Waals surface area contributed by atoms with Gasteiger partial charge in [0, 0.05) is 59.2 Å². The minimum atomic E-state index is -0.787. The molecular weight excluding hydrogens is 883 g/mol. The standard InChI is InChI=1S/C54H57N3O8S2/c1-6-41(58)14-11-19-66-67-54(3,4)53(62)55-39-22-33(30-64-48-28-38-26-47(59)46-25-37-13-8-10-16-45(37)57(46)52(61)42(38)20-32(48)2)21-34(23-39)31-65-50-27-35-17-18-40-24-36-12-7-9-15-44(36)56(40)51(60)43(35)29-49(50)63-5/h7-10,12-13,15-16,20-23,27-29,40,46-47,59H,6,11,14,17-19,24-26,30-31H2,1-5H3,(H,55,62)/t40-,46+,47?/m1/s1. The van der Waals surface area contributed by atoms with E-state index in [-0.39, 0.29) is 48.8 Å². The molecule has 348 valence electrons. The number of amides is 3. The first kappa shape index (κ1) is 46.4. The van der Waals surface area contributed by atoms with Crippen molar-refractivity contribution in [2.75, 3.05) is 28.0 Å². The number of nitrogens with one attached hydrogen (secondary N) is 1. The second-order valence-electron chi connectivity index (χ2n) is 18.5. The lowest BCUT2D eigenvalue weighted by molar-refractivity contribution is -0.119. The summed E-state index contributed by atoms with van der Waals surface area (Å²) in [4.78, 5) is 57.6. The van der Waals surface area contributed by atoms with Crippen molar-refractivity contribution in [1.82, 2.24) is 0 Å². The van der Waals surface area contributed by atoms with Gasteiger partial charge in [-0.15, -0.1) is 0 Å². The number of benzene rings is 5. The van der Waals surface area contributed by atoms with E-state index in [0.717, 1.165) is 69.8 Å². The van der Waals surface area contributed by atoms with Gasteiger partial charge < -0.3 is 34.4 Å². The number of methoxy groups -OCH3 is 1. The summed E-state index contributed by atoms with van der Waals surface area (Å²) in [6, 6.07) is 28.9. The highest BCUT2D eigenvalue weighted by Crippen LogP contribution is 2.43. The monoisotopic (exact) mass is 939 g/mol. The molecule has 11 nitrogen and oxygen atoms in total. The van der Waals surface area contributed by atoms with E-state index in [1.165, 1.54) is 16.4 Å². The number of carbonyl (C=O) groups excluding carboxylic acids is 4. The first-order chi connectivity index (χ1) is 32.3. The predicted octanol–water partition coefficient (Wildman–Crippen LogP) is 10.0. The van der Waals surface area contributed by atoms with E-state index in [2.05, 4.69) is 11.4 Å². The zero-order chi connectivity index (χ0) is 47.0. The van der Waals surface area contributed by atoms with Gasteiger partial charge in [0.1, 0.15) is 24.7 Å². The summed E-state index contributed by atoms with van der Waals surface area (Å²) in [5.74, 6) is 2.23. The van der Waals surface area contributed by atoms with E-state index >= 15 is 0 Å². The van der Waals surface area contributed by atoms with Crippen molar-refractivity contribution in [2.24, 2.45) is 0 Å². The Balaban J connectivity index is 0.956. The maximum absolute atomic E-state index is 14.1. The van der Waals surface area contributed by atoms with Crippen LogP contribution in [0, 0.1) is 6.92 Å². The van der Waals surface area contributed by atoms with E-state index in [1.807, 2.05) is 111 Å². The molecule has 0 spiro atoms. The normalized spacial score (nSPS) is 18.1. The fourth-order valence-electron chi connectivity index (χ4n) is 9.76. The van der Waals surface area contributed by atoms with Crippen LogP contribution in [-0.2, 0) is 48.5 Å². The highest BCUT2D eigenvalue weighted by atomic mass is 33.1. The number of fused-ring (bicyclic) bond motifs is 8. The van der Waals surface area contributed by atoms with Gasteiger partial charge in [-0.3, -0.25) is 19.2 Å². The number of aliphatic hydroxyl groups excluding tert-OH is 1. The predicted molar refractivity (Wildman–Crippen MR) is 266 cm³/mol. The molecule has 0 fully saturated rings. The van der Waals surface area contributed by atoms with Gasteiger partial charge in [-0.25, -0.2) is 0 Å². The third-order valence-corrected chi connectivity index (χ3v) is 16.7. The van der Waals surface area contributed by atoms with Gasteiger partial charge in [0.25, 0.3) is 11.8 Å². The number of ether oxygens (including phenoxy) is 3. The maximum atomic E-state index is 14.1. The van der Waals surface area contributed by atoms with Crippen LogP contribution in [-0.4, -0.2) is 64.4 Å². The second-order valence-corrected chi connectivity index (χ2v) is 21.5. The highest BCUT2D eigenvalue weighted by molar-refractivity contribution is 8.77. The number of nitrogens with zero attached hydrogens (tertiary/aromatic N) is 2. The summed E-state index contributed by atoms with van der Waals surface area (Å²) in [7, 11) is 4.64. The van der Waals surface area contributed by atoms with Crippen LogP contribution < -0.4 is 29.3 Å². The fraction of sp³-hybridized carbons (Fsp3) is 0.370. The van der Waals surface area contributed by atoms with Gasteiger partial charge in [0.05, 0.1) is 24.0 Å². The zero-order valence-electron chi connectivity index (χ0n) is 38.7. The van der Waals surface area contributed by atoms with E-state index in [4.69, 9.17) is 14.2 Å². The van der Waals surface area contributed by atoms with Crippen LogP contribution in [0.25, 0.3) is 0 Å². The van der Waals surface area contributed by atoms with Crippen molar-refractivity contribution in [2.45, 2.75) is 115 Å². The molecule has 67 heavy (non-hydrogen) atoms. The summed E-state index contributed by atoms with van der Waals surface area (Å²) in [5, 5.41) is 14.6. The summed E-state index contributed by atoms with van der Waals surface area (Å²) in [5.41, 5.74) is 9.78. The molecular formula is C54H57N3O8S2. The summed E-state index contributed by atoms with van der Waals surface area (Å²) < 4.78 is 18.1. The molecule has 4 aliphatic rings. The van der Waals surface area contributed by atoms with E-state index in [1.54, 1.807) is 28.9 Å². The van der Waals surface area contributed by atoms with E-state index < -0.39 is 10.9 Å². The number of anilines is 3. The molecule has 5 aromatic carbocycles. The second kappa shape index (κ2) is 19.5. The van der Waals surface area contributed by atoms with Crippen LogP contribution in [0.3, 0.4) is 0 Å². The third-order valence-electron chi connectivity index (χ3n) is 13.4. The first-order valence-corrected chi connectivity index (χ1v) is 25.5. The topological polar surface area (TPSA) is 135 Å². The van der Waals surface area contributed by atoms with Gasteiger partial charge in [-0.1, -0.05) is 64.9 Å². The Hall–Kier alpha value is -5.76. The van der Waals surface area contributed by atoms with Gasteiger partial charge in [0.15, 0.2) is 11.5 Å². The Morgan fingerprint density at radius 3 is 2.13 bits per heavy atom. The van der Waals surface area contributed by atoms with Crippen molar-refractivity contribution in [1.29, 1.82) is 0 Å². The Kier molecular flexibility index (Phi) is 13.5. The number of carbonyl (C=O) groups is 4. The summed E-state index contributed by atoms with van der Waals surface area (Å²) in [6.45, 7) is 7.84. The Morgan fingerprint density at radius 2 is 1.42 bits per heavy atom. The quantitative estimate of drug-likeness (QED) is 0.0727. The van der Waals surface area contributed by atoms with E-state index in [9.17, 15) is 24.3 Å². The molecule has 0 saturated heterocycles. The van der Waals surface area contributed by atoms with Crippen LogP contribution >= 0.6 is 21.6 Å². The first-order valence-electron chi connectivity index (χ1n) is 23.2. The Morgan fingerprint density at radius 1 is 0.776 bits per heavy atom. The van der Waals surface area contributed by atoms with Gasteiger partial charge in [-0.2, -0.15) is 0 Å². The number of hydrogen-bond donors (Lipinski definition) is 2. The smallest absolute Gasteiger partial charge is 0.258 e. The van der Waals surface area contributed by atoms with Gasteiger partial charge >= 0.3 is 0 Å². The lowest BCUT2D eigenvalue weighted by Crippen LogP contribution is -2.43. The molecule has 3 amide bonds. The lowest BCUT2D eigenvalue weighted by atomic mass is 9.96. The minimum absolute atomic E-state index is 0.0370. The van der Waals surface area contributed by atoms with Crippen LogP contribution in [0.5, 0.6) is 17.2 Å². The molecule has 4 aliphatic heterocycles. The zero-order valence-corrected chi connectivity index (χ0v) is 40.3. The SMILES string of the molecule is CCC(=O)CCCSSC(C)(C)C(=O)Nc1cc(COc2cc3c(cc2C)C(=O)N2c4ccccc4C[C@H]2C(O)C3)cc(COc2cc3c(cc2OC)C(=O)N2c4ccccc4C[C@H]2CC3)c1. The van der Waals surface area contributed by atoms with Gasteiger partial charge in [0.2, 0.25) is 5.91 Å². The molecule has 0 saturated carbocycles. The number of Topliss-reactive ketones (excluding diaryl/α,β-unsaturated/α-hetero) is 1. The van der Waals surface area contributed by atoms with Crippen molar-refractivity contribution < 1.29 is 38.5 Å². The molecule has 0 radical (unpaired) electrons. The average molecular weight is 940 g/mol. The van der Waals surface area contributed by atoms with Crippen molar-refractivity contribution in [3.63, 3.8) is 0 Å². The number of hydrogen-bond acceptors (Lipinski definition) is 10. The number of rotatable bonds is 16. The molecule has 0 bridgehead atoms. The molecule has 3 atom stereocenters. The van der Waals surface area contributed by atoms with Crippen molar-refractivity contribution in [3.05, 3.63) is 141 Å². The molecule has 9 rings (SSSR count). The molecule has 0 aliphatic carbocycles. The van der Waals surface area contributed by atoms with E-state index in [0.29, 0.717) is 66.2 Å². The highest BCUT2D eigenvalue weighted by Gasteiger charge is 2.42. The molecule has 2 N–H and O–H groups in total. The van der Waals surface area contributed by atoms with Crippen LogP contribution in [0.15, 0.2) is 91.0 Å². The fourth-order valence-corrected chi connectivity index (χ4v) is 12.2. The summed E-state index contributed by atoms with van der Waals surface area (Å²) in [6.07, 6.45) is 4.36. The number of ketones is 1. The average Bonchev–Trinajstić information content (AvgIpc) is 3.84. The molecule has 5 aromatic rings. The number of aliphatic hydroxyl groups is 1. The maximum Gasteiger partial charge on any atom is 0.258 e. The van der Waals surface area contributed by atoms with Crippen molar-refractivity contribution in [3.8, 4) is 17.2 Å². The number of aryl methyl sites for hydroxylation is 2. The largest absolute Gasteiger partial charge is 0.493 e. The Bertz CT molecular complexity index is 2760.